The summed E-state index contributed by atoms with van der Waals surface area (Å²) in [5, 5.41) is 16.4. The third-order valence-electron chi connectivity index (χ3n) is 10.0. The predicted molar refractivity (Wildman–Crippen MR) is 199 cm³/mol. The number of anilines is 3. The standard InChI is InChI=1S/C40H41F3N8O/c1-24-7-12-34(39(52)46-24)28-8-10-33(11-9-28)51-15-13-50(14-16-51)23-27-5-4-6-29(17-27)37-21-35-36(22-45-37)26(3)48-49-38(35)47-25(2)30-18-31(40(41,42)43)20-32(44)19-30/h4-6,8-11,17-22,25,34H,1,7,12-16,23,44H2,2-3H3,(H,46,52)(H,47,49). The molecule has 4 heterocycles. The van der Waals surface area contributed by atoms with E-state index in [0.717, 1.165) is 96.7 Å². The Balaban J connectivity index is 1.03. The lowest BCUT2D eigenvalue weighted by Gasteiger charge is -2.36. The van der Waals surface area contributed by atoms with Gasteiger partial charge in [0.25, 0.3) is 0 Å². The van der Waals surface area contributed by atoms with Gasteiger partial charge in [0.15, 0.2) is 5.82 Å². The van der Waals surface area contributed by atoms with Gasteiger partial charge < -0.3 is 21.3 Å². The van der Waals surface area contributed by atoms with Gasteiger partial charge in [0, 0.05) is 72.3 Å². The van der Waals surface area contributed by atoms with Crippen LogP contribution in [-0.4, -0.2) is 52.2 Å². The van der Waals surface area contributed by atoms with Crippen molar-refractivity contribution in [1.82, 2.24) is 25.4 Å². The molecule has 5 aromatic rings. The van der Waals surface area contributed by atoms with Gasteiger partial charge in [-0.2, -0.15) is 18.3 Å². The Hall–Kier alpha value is -5.49. The Morgan fingerprint density at radius 3 is 2.50 bits per heavy atom. The summed E-state index contributed by atoms with van der Waals surface area (Å²) in [4.78, 5) is 22.0. The summed E-state index contributed by atoms with van der Waals surface area (Å²) >= 11 is 0. The number of hydrogen-bond acceptors (Lipinski definition) is 8. The molecule has 1 amide bonds. The SMILES string of the molecule is C=C1CCC(c2ccc(N3CCN(Cc4cccc(-c5cc6c(NC(C)c7cc(N)cc(C(F)(F)F)c7)nnc(C)c6cn5)c4)CC3)cc2)C(=O)N1. The molecule has 268 valence electrons. The van der Waals surface area contributed by atoms with E-state index < -0.39 is 17.8 Å². The highest BCUT2D eigenvalue weighted by molar-refractivity contribution is 5.94. The number of amides is 1. The first-order chi connectivity index (χ1) is 24.9. The van der Waals surface area contributed by atoms with Gasteiger partial charge in [0.1, 0.15) is 0 Å². The number of carbonyl (C=O) groups is 1. The minimum atomic E-state index is -4.51. The van der Waals surface area contributed by atoms with Crippen molar-refractivity contribution in [3.63, 3.8) is 0 Å². The number of nitrogens with two attached hydrogens (primary N) is 1. The summed E-state index contributed by atoms with van der Waals surface area (Å²) in [5.74, 6) is 0.343. The Morgan fingerprint density at radius 1 is 1.00 bits per heavy atom. The van der Waals surface area contributed by atoms with Crippen LogP contribution < -0.4 is 21.3 Å². The fourth-order valence-electron chi connectivity index (χ4n) is 7.08. The molecule has 0 aliphatic carbocycles. The van der Waals surface area contributed by atoms with Crippen molar-refractivity contribution in [2.45, 2.75) is 51.4 Å². The molecular weight excluding hydrogens is 665 g/mol. The second-order valence-electron chi connectivity index (χ2n) is 13.7. The molecule has 0 bridgehead atoms. The first-order valence-electron chi connectivity index (χ1n) is 17.4. The summed E-state index contributed by atoms with van der Waals surface area (Å²) in [6.45, 7) is 11.9. The highest BCUT2D eigenvalue weighted by Gasteiger charge is 2.32. The topological polar surface area (TPSA) is 112 Å². The molecule has 2 aliphatic rings. The normalized spacial score (nSPS) is 17.6. The Labute approximate surface area is 300 Å². The molecule has 0 radical (unpaired) electrons. The smallest absolute Gasteiger partial charge is 0.399 e. The number of piperazine rings is 1. The lowest BCUT2D eigenvalue weighted by Crippen LogP contribution is -2.46. The van der Waals surface area contributed by atoms with E-state index in [1.807, 2.05) is 25.1 Å². The van der Waals surface area contributed by atoms with Crippen molar-refractivity contribution < 1.29 is 18.0 Å². The van der Waals surface area contributed by atoms with Gasteiger partial charge in [-0.3, -0.25) is 14.7 Å². The number of allylic oxidation sites excluding steroid dienone is 1. The molecule has 2 aliphatic heterocycles. The Kier molecular flexibility index (Phi) is 9.58. The number of aryl methyl sites for hydroxylation is 1. The molecular formula is C40H41F3N8O. The Bertz CT molecular complexity index is 2130. The van der Waals surface area contributed by atoms with Gasteiger partial charge in [-0.15, -0.1) is 5.10 Å². The number of pyridine rings is 1. The lowest BCUT2D eigenvalue weighted by molar-refractivity contribution is -0.137. The summed E-state index contributed by atoms with van der Waals surface area (Å²) in [7, 11) is 0. The maximum Gasteiger partial charge on any atom is 0.416 e. The number of alkyl halides is 3. The fraction of sp³-hybridized carbons (Fsp3) is 0.300. The number of nitrogen functional groups attached to an aromatic ring is 1. The maximum atomic E-state index is 13.5. The van der Waals surface area contributed by atoms with Gasteiger partial charge in [-0.1, -0.05) is 36.9 Å². The molecule has 3 aromatic carbocycles. The summed E-state index contributed by atoms with van der Waals surface area (Å²) in [5.41, 5.74) is 12.0. The van der Waals surface area contributed by atoms with E-state index in [1.54, 1.807) is 13.1 Å². The molecule has 2 saturated heterocycles. The number of rotatable bonds is 8. The van der Waals surface area contributed by atoms with Gasteiger partial charge in [-0.05, 0) is 85.8 Å². The zero-order valence-electron chi connectivity index (χ0n) is 29.2. The summed E-state index contributed by atoms with van der Waals surface area (Å²) < 4.78 is 40.5. The zero-order valence-corrected chi connectivity index (χ0v) is 29.2. The molecule has 0 spiro atoms. The van der Waals surface area contributed by atoms with Crippen LogP contribution in [0, 0.1) is 6.92 Å². The average molecular weight is 707 g/mol. The second-order valence-corrected chi connectivity index (χ2v) is 13.7. The number of benzene rings is 3. The van der Waals surface area contributed by atoms with Crippen LogP contribution in [0.4, 0.5) is 30.4 Å². The quantitative estimate of drug-likeness (QED) is 0.142. The van der Waals surface area contributed by atoms with E-state index >= 15 is 0 Å². The highest BCUT2D eigenvalue weighted by Crippen LogP contribution is 2.35. The van der Waals surface area contributed by atoms with Crippen molar-refractivity contribution in [2.24, 2.45) is 0 Å². The Morgan fingerprint density at radius 2 is 1.77 bits per heavy atom. The number of fused-ring (bicyclic) bond motifs is 1. The third kappa shape index (κ3) is 7.57. The van der Waals surface area contributed by atoms with Gasteiger partial charge in [-0.25, -0.2) is 0 Å². The van der Waals surface area contributed by atoms with Gasteiger partial charge in [0.2, 0.25) is 5.91 Å². The zero-order chi connectivity index (χ0) is 36.6. The second kappa shape index (κ2) is 14.3. The van der Waals surface area contributed by atoms with Crippen molar-refractivity contribution >= 4 is 33.9 Å². The average Bonchev–Trinajstić information content (AvgIpc) is 3.12. The molecule has 2 fully saturated rings. The maximum absolute atomic E-state index is 13.5. The van der Waals surface area contributed by atoms with Gasteiger partial charge in [0.05, 0.1) is 28.9 Å². The van der Waals surface area contributed by atoms with E-state index in [0.29, 0.717) is 17.1 Å². The van der Waals surface area contributed by atoms with E-state index in [9.17, 15) is 18.0 Å². The minimum absolute atomic E-state index is 0.0256. The number of nitrogens with one attached hydrogen (secondary N) is 2. The van der Waals surface area contributed by atoms with Crippen LogP contribution in [0.5, 0.6) is 0 Å². The molecule has 4 N–H and O–H groups in total. The van der Waals surface area contributed by atoms with E-state index in [4.69, 9.17) is 10.7 Å². The predicted octanol–water partition coefficient (Wildman–Crippen LogP) is 7.60. The number of hydrogen-bond donors (Lipinski definition) is 3. The van der Waals surface area contributed by atoms with Gasteiger partial charge >= 0.3 is 6.18 Å². The van der Waals surface area contributed by atoms with Crippen LogP contribution in [0.2, 0.25) is 0 Å². The monoisotopic (exact) mass is 706 g/mol. The number of nitrogens with zero attached hydrogens (tertiary/aromatic N) is 5. The summed E-state index contributed by atoms with van der Waals surface area (Å²) in [6, 6.07) is 21.7. The van der Waals surface area contributed by atoms with Crippen LogP contribution >= 0.6 is 0 Å². The molecule has 52 heavy (non-hydrogen) atoms. The van der Waals surface area contributed by atoms with Crippen molar-refractivity contribution in [2.75, 3.05) is 42.1 Å². The molecule has 0 saturated carbocycles. The molecule has 7 rings (SSSR count). The molecule has 2 aromatic heterocycles. The number of piperidine rings is 1. The molecule has 2 atom stereocenters. The van der Waals surface area contributed by atoms with Crippen LogP contribution in [-0.2, 0) is 17.5 Å². The van der Waals surface area contributed by atoms with Crippen LogP contribution in [0.1, 0.15) is 59.7 Å². The number of carbonyl (C=O) groups excluding carboxylic acids is 1. The highest BCUT2D eigenvalue weighted by atomic mass is 19.4. The first kappa shape index (κ1) is 34.9. The fourth-order valence-corrected chi connectivity index (χ4v) is 7.08. The van der Waals surface area contributed by atoms with Crippen molar-refractivity contribution in [1.29, 1.82) is 0 Å². The first-order valence-corrected chi connectivity index (χ1v) is 17.4. The minimum Gasteiger partial charge on any atom is -0.399 e. The van der Waals surface area contributed by atoms with E-state index in [-0.39, 0.29) is 17.5 Å². The lowest BCUT2D eigenvalue weighted by atomic mass is 9.90. The van der Waals surface area contributed by atoms with Crippen molar-refractivity contribution in [3.05, 3.63) is 119 Å². The van der Waals surface area contributed by atoms with Crippen LogP contribution in [0.15, 0.2) is 91.3 Å². The molecule has 12 heteroatoms. The van der Waals surface area contributed by atoms with E-state index in [1.165, 1.54) is 11.6 Å². The largest absolute Gasteiger partial charge is 0.416 e. The number of aromatic nitrogens is 3. The van der Waals surface area contributed by atoms with E-state index in [2.05, 4.69) is 73.6 Å². The van der Waals surface area contributed by atoms with Crippen LogP contribution in [0.25, 0.3) is 22.0 Å². The molecule has 9 nitrogen and oxygen atoms in total. The number of halogens is 3. The summed E-state index contributed by atoms with van der Waals surface area (Å²) in [6.07, 6.45) is -1.15. The van der Waals surface area contributed by atoms with Crippen LogP contribution in [0.3, 0.4) is 0 Å². The molecule has 2 unspecified atom stereocenters. The van der Waals surface area contributed by atoms with Crippen molar-refractivity contribution in [3.8, 4) is 11.3 Å². The third-order valence-corrected chi connectivity index (χ3v) is 10.0.